The molecule has 0 fully saturated rings. The first kappa shape index (κ1) is 23.4. The van der Waals surface area contributed by atoms with Gasteiger partial charge in [0.25, 0.3) is 0 Å². The van der Waals surface area contributed by atoms with Gasteiger partial charge >= 0.3 is 6.18 Å². The third-order valence-electron chi connectivity index (χ3n) is 4.68. The first-order valence-corrected chi connectivity index (χ1v) is 11.3. The first-order chi connectivity index (χ1) is 16.2. The number of aromatic nitrogens is 4. The SMILES string of the molecule is COc1cccc(-c2nnc3ccc(OCCNS(=O)(=O)c4cccc(C(F)(F)F)c4)nn23)c1. The average Bonchev–Trinajstić information content (AvgIpc) is 3.25. The Labute approximate surface area is 192 Å². The number of sulfonamides is 1. The van der Waals surface area contributed by atoms with Gasteiger partial charge in [-0.25, -0.2) is 13.1 Å². The number of hydrogen-bond donors (Lipinski definition) is 1. The number of benzene rings is 2. The standard InChI is InChI=1S/C21H18F3N5O4S/c1-32-16-6-2-4-14(12-16)20-27-26-18-8-9-19(28-29(18)20)33-11-10-25-34(30,31)17-7-3-5-15(13-17)21(22,23)24/h2-9,12-13,25H,10-11H2,1H3. The summed E-state index contributed by atoms with van der Waals surface area (Å²) in [5.41, 5.74) is 0.130. The van der Waals surface area contributed by atoms with Crippen LogP contribution in [0.15, 0.2) is 65.6 Å². The second kappa shape index (κ2) is 9.27. The summed E-state index contributed by atoms with van der Waals surface area (Å²) >= 11 is 0. The molecule has 4 aromatic rings. The van der Waals surface area contributed by atoms with Crippen LogP contribution in [0.25, 0.3) is 17.0 Å². The monoisotopic (exact) mass is 493 g/mol. The number of fused-ring (bicyclic) bond motifs is 1. The lowest BCUT2D eigenvalue weighted by Crippen LogP contribution is -2.28. The highest BCUT2D eigenvalue weighted by molar-refractivity contribution is 7.89. The van der Waals surface area contributed by atoms with E-state index in [1.54, 1.807) is 37.4 Å². The van der Waals surface area contributed by atoms with Crippen molar-refractivity contribution in [3.8, 4) is 23.0 Å². The summed E-state index contributed by atoms with van der Waals surface area (Å²) in [6, 6.07) is 13.8. The van der Waals surface area contributed by atoms with E-state index in [4.69, 9.17) is 9.47 Å². The fraction of sp³-hybridized carbons (Fsp3) is 0.190. The molecule has 1 N–H and O–H groups in total. The van der Waals surface area contributed by atoms with Crippen molar-refractivity contribution < 1.29 is 31.1 Å². The summed E-state index contributed by atoms with van der Waals surface area (Å²) in [6.45, 7) is -0.309. The van der Waals surface area contributed by atoms with Crippen LogP contribution >= 0.6 is 0 Å². The number of nitrogens with one attached hydrogen (secondary N) is 1. The maximum absolute atomic E-state index is 12.9. The summed E-state index contributed by atoms with van der Waals surface area (Å²) in [5.74, 6) is 1.26. The van der Waals surface area contributed by atoms with E-state index in [1.165, 1.54) is 4.52 Å². The van der Waals surface area contributed by atoms with Crippen molar-refractivity contribution in [3.05, 3.63) is 66.2 Å². The molecule has 0 spiro atoms. The molecule has 13 heteroatoms. The highest BCUT2D eigenvalue weighted by atomic mass is 32.2. The van der Waals surface area contributed by atoms with Crippen LogP contribution in [0, 0.1) is 0 Å². The fourth-order valence-electron chi connectivity index (χ4n) is 3.05. The molecular formula is C21H18F3N5O4S. The molecule has 0 aliphatic heterocycles. The molecule has 0 amide bonds. The minimum Gasteiger partial charge on any atom is -0.497 e. The summed E-state index contributed by atoms with van der Waals surface area (Å²) in [5, 5.41) is 12.5. The molecule has 9 nitrogen and oxygen atoms in total. The van der Waals surface area contributed by atoms with Crippen LogP contribution in [-0.4, -0.2) is 48.5 Å². The molecule has 0 bridgehead atoms. The van der Waals surface area contributed by atoms with Gasteiger partial charge in [0, 0.05) is 18.2 Å². The van der Waals surface area contributed by atoms with Crippen LogP contribution in [-0.2, 0) is 16.2 Å². The van der Waals surface area contributed by atoms with E-state index in [0.717, 1.165) is 18.2 Å². The van der Waals surface area contributed by atoms with Crippen molar-refractivity contribution in [1.29, 1.82) is 0 Å². The lowest BCUT2D eigenvalue weighted by atomic mass is 10.2. The molecule has 2 aromatic carbocycles. The second-order valence-corrected chi connectivity index (χ2v) is 8.74. The Morgan fingerprint density at radius 3 is 2.59 bits per heavy atom. The zero-order valence-electron chi connectivity index (χ0n) is 17.7. The highest BCUT2D eigenvalue weighted by Crippen LogP contribution is 2.30. The molecule has 0 unspecified atom stereocenters. The molecule has 0 atom stereocenters. The third kappa shape index (κ3) is 5.10. The third-order valence-corrected chi connectivity index (χ3v) is 6.14. The Kier molecular flexibility index (Phi) is 6.39. The molecule has 0 aliphatic rings. The van der Waals surface area contributed by atoms with E-state index in [9.17, 15) is 21.6 Å². The van der Waals surface area contributed by atoms with Gasteiger partial charge in [-0.05, 0) is 36.4 Å². The van der Waals surface area contributed by atoms with E-state index in [0.29, 0.717) is 28.9 Å². The molecule has 34 heavy (non-hydrogen) atoms. The molecule has 2 heterocycles. The first-order valence-electron chi connectivity index (χ1n) is 9.84. The quantitative estimate of drug-likeness (QED) is 0.376. The topological polar surface area (TPSA) is 108 Å². The van der Waals surface area contributed by atoms with Crippen LogP contribution < -0.4 is 14.2 Å². The largest absolute Gasteiger partial charge is 0.497 e. The van der Waals surface area contributed by atoms with Gasteiger partial charge in [0.2, 0.25) is 15.9 Å². The predicted octanol–water partition coefficient (Wildman–Crippen LogP) is 3.18. The van der Waals surface area contributed by atoms with Crippen molar-refractivity contribution in [2.45, 2.75) is 11.1 Å². The number of methoxy groups -OCH3 is 1. The number of hydrogen-bond acceptors (Lipinski definition) is 7. The van der Waals surface area contributed by atoms with Crippen LogP contribution in [0.1, 0.15) is 5.56 Å². The van der Waals surface area contributed by atoms with E-state index < -0.39 is 26.7 Å². The lowest BCUT2D eigenvalue weighted by Gasteiger charge is -2.11. The van der Waals surface area contributed by atoms with E-state index in [-0.39, 0.29) is 19.0 Å². The van der Waals surface area contributed by atoms with Crippen molar-refractivity contribution >= 4 is 15.7 Å². The molecule has 2 aromatic heterocycles. The Morgan fingerprint density at radius 2 is 1.82 bits per heavy atom. The number of ether oxygens (including phenoxy) is 2. The van der Waals surface area contributed by atoms with Crippen LogP contribution in [0.3, 0.4) is 0 Å². The van der Waals surface area contributed by atoms with E-state index >= 15 is 0 Å². The summed E-state index contributed by atoms with van der Waals surface area (Å²) < 4.78 is 77.6. The average molecular weight is 493 g/mol. The van der Waals surface area contributed by atoms with E-state index in [2.05, 4.69) is 20.0 Å². The molecule has 0 radical (unpaired) electrons. The van der Waals surface area contributed by atoms with Crippen molar-refractivity contribution in [1.82, 2.24) is 24.5 Å². The Bertz CT molecular complexity index is 1420. The Hall–Kier alpha value is -3.71. The summed E-state index contributed by atoms with van der Waals surface area (Å²) in [6.07, 6.45) is -4.65. The zero-order chi connectivity index (χ0) is 24.3. The van der Waals surface area contributed by atoms with Crippen LogP contribution in [0.2, 0.25) is 0 Å². The van der Waals surface area contributed by atoms with Gasteiger partial charge in [-0.15, -0.1) is 15.3 Å². The number of halogens is 3. The minimum absolute atomic E-state index is 0.118. The predicted molar refractivity (Wildman–Crippen MR) is 115 cm³/mol. The Morgan fingerprint density at radius 1 is 1.03 bits per heavy atom. The van der Waals surface area contributed by atoms with Crippen molar-refractivity contribution in [2.24, 2.45) is 0 Å². The molecule has 0 aliphatic carbocycles. The van der Waals surface area contributed by atoms with Gasteiger partial charge in [-0.1, -0.05) is 18.2 Å². The molecular weight excluding hydrogens is 475 g/mol. The Balaban J connectivity index is 1.43. The van der Waals surface area contributed by atoms with Crippen molar-refractivity contribution in [3.63, 3.8) is 0 Å². The van der Waals surface area contributed by atoms with E-state index in [1.807, 2.05) is 6.07 Å². The molecule has 0 saturated carbocycles. The van der Waals surface area contributed by atoms with Gasteiger partial charge in [0.05, 0.1) is 17.6 Å². The summed E-state index contributed by atoms with van der Waals surface area (Å²) in [4.78, 5) is -0.491. The maximum atomic E-state index is 12.9. The van der Waals surface area contributed by atoms with Gasteiger partial charge in [-0.2, -0.15) is 17.7 Å². The number of nitrogens with zero attached hydrogens (tertiary/aromatic N) is 4. The summed E-state index contributed by atoms with van der Waals surface area (Å²) in [7, 11) is -2.61. The lowest BCUT2D eigenvalue weighted by molar-refractivity contribution is -0.137. The fourth-order valence-corrected chi connectivity index (χ4v) is 4.10. The number of alkyl halides is 3. The van der Waals surface area contributed by atoms with Gasteiger partial charge in [0.15, 0.2) is 11.5 Å². The molecule has 178 valence electrons. The van der Waals surface area contributed by atoms with Crippen LogP contribution in [0.5, 0.6) is 11.6 Å². The zero-order valence-corrected chi connectivity index (χ0v) is 18.5. The molecule has 0 saturated heterocycles. The second-order valence-electron chi connectivity index (χ2n) is 6.97. The molecule has 4 rings (SSSR count). The minimum atomic E-state index is -4.65. The normalized spacial score (nSPS) is 12.1. The highest BCUT2D eigenvalue weighted by Gasteiger charge is 2.31. The smallest absolute Gasteiger partial charge is 0.416 e. The van der Waals surface area contributed by atoms with Gasteiger partial charge in [-0.3, -0.25) is 0 Å². The van der Waals surface area contributed by atoms with Gasteiger partial charge in [0.1, 0.15) is 12.4 Å². The maximum Gasteiger partial charge on any atom is 0.416 e. The number of rotatable bonds is 8. The van der Waals surface area contributed by atoms with Crippen LogP contribution in [0.4, 0.5) is 13.2 Å². The van der Waals surface area contributed by atoms with Crippen molar-refractivity contribution in [2.75, 3.05) is 20.3 Å². The van der Waals surface area contributed by atoms with Gasteiger partial charge < -0.3 is 9.47 Å².